The molecule has 1 rings (SSSR count). The zero-order valence-electron chi connectivity index (χ0n) is 19.8. The summed E-state index contributed by atoms with van der Waals surface area (Å²) in [5.74, 6) is -5.41. The Hall–Kier alpha value is -2.44. The molecule has 1 fully saturated rings. The van der Waals surface area contributed by atoms with E-state index in [1.807, 2.05) is 0 Å². The molecule has 4 unspecified atom stereocenters. The van der Waals surface area contributed by atoms with E-state index < -0.39 is 74.5 Å². The van der Waals surface area contributed by atoms with Crippen molar-refractivity contribution in [1.29, 1.82) is 0 Å². The third-order valence-corrected chi connectivity index (χ3v) is 6.29. The second-order valence-corrected chi connectivity index (χ2v) is 8.29. The van der Waals surface area contributed by atoms with Crippen LogP contribution in [0.2, 0.25) is 0 Å². The van der Waals surface area contributed by atoms with Crippen LogP contribution < -0.4 is 0 Å². The third kappa shape index (κ3) is 8.90. The van der Waals surface area contributed by atoms with E-state index in [2.05, 4.69) is 0 Å². The van der Waals surface area contributed by atoms with Gasteiger partial charge in [-0.15, -0.1) is 0 Å². The highest BCUT2D eigenvalue weighted by molar-refractivity contribution is 5.75. The van der Waals surface area contributed by atoms with Crippen LogP contribution in [0.15, 0.2) is 0 Å². The molecule has 0 aromatic carbocycles. The summed E-state index contributed by atoms with van der Waals surface area (Å²) in [5.41, 5.74) is 0. The summed E-state index contributed by atoms with van der Waals surface area (Å²) in [7, 11) is 0. The van der Waals surface area contributed by atoms with Gasteiger partial charge in [0.2, 0.25) is 0 Å². The molecular formula is C20H36N4O12. The fraction of sp³-hybridized carbons (Fsp3) is 0.800. The number of aliphatic hydroxyl groups is 4. The Morgan fingerprint density at radius 1 is 0.417 bits per heavy atom. The van der Waals surface area contributed by atoms with Crippen LogP contribution in [-0.2, 0) is 19.2 Å². The Labute approximate surface area is 207 Å². The van der Waals surface area contributed by atoms with Crippen molar-refractivity contribution in [3.8, 4) is 0 Å². The number of carboxylic acid groups (broad SMARTS) is 4. The second-order valence-electron chi connectivity index (χ2n) is 8.29. The van der Waals surface area contributed by atoms with Crippen LogP contribution in [0.4, 0.5) is 0 Å². The number of aliphatic carboxylic acids is 4. The van der Waals surface area contributed by atoms with Gasteiger partial charge in [0.05, 0.1) is 26.4 Å². The van der Waals surface area contributed by atoms with Gasteiger partial charge in [-0.05, 0) is 0 Å². The molecule has 0 saturated carbocycles. The minimum Gasteiger partial charge on any atom is -0.480 e. The lowest BCUT2D eigenvalue weighted by molar-refractivity contribution is -0.150. The number of aliphatic hydroxyl groups excluding tert-OH is 4. The fourth-order valence-electron chi connectivity index (χ4n) is 4.12. The van der Waals surface area contributed by atoms with Gasteiger partial charge in [0, 0.05) is 52.4 Å². The van der Waals surface area contributed by atoms with Crippen molar-refractivity contribution < 1.29 is 60.0 Å². The summed E-state index contributed by atoms with van der Waals surface area (Å²) in [6, 6.07) is -5.52. The van der Waals surface area contributed by atoms with Gasteiger partial charge in [-0.1, -0.05) is 0 Å². The van der Waals surface area contributed by atoms with Gasteiger partial charge in [0.1, 0.15) is 24.2 Å². The van der Waals surface area contributed by atoms with E-state index in [1.165, 1.54) is 19.6 Å². The zero-order chi connectivity index (χ0) is 27.4. The van der Waals surface area contributed by atoms with Gasteiger partial charge in [-0.25, -0.2) is 0 Å². The Morgan fingerprint density at radius 3 is 0.639 bits per heavy atom. The highest BCUT2D eigenvalue weighted by Gasteiger charge is 2.34. The molecule has 1 saturated heterocycles. The highest BCUT2D eigenvalue weighted by atomic mass is 16.4. The minimum absolute atomic E-state index is 0.0889. The average Bonchev–Trinajstić information content (AvgIpc) is 2.79. The molecule has 0 aromatic heterocycles. The van der Waals surface area contributed by atoms with Crippen LogP contribution in [0.3, 0.4) is 0 Å². The Bertz CT molecular complexity index is 605. The molecule has 16 heteroatoms. The molecular weight excluding hydrogens is 488 g/mol. The molecule has 0 amide bonds. The first-order valence-corrected chi connectivity index (χ1v) is 11.3. The topological polar surface area (TPSA) is 243 Å². The van der Waals surface area contributed by atoms with Crippen molar-refractivity contribution in [2.75, 3.05) is 78.8 Å². The SMILES string of the molecule is O=C(O)C(CO)N1CCN(C(CO)C(=O)O)CCN(C(CO)C(=O)O)CCN(C(CO)C(=O)O)CC1. The van der Waals surface area contributed by atoms with E-state index in [0.29, 0.717) is 0 Å². The molecule has 208 valence electrons. The predicted octanol–water partition coefficient (Wildman–Crippen LogP) is -5.01. The van der Waals surface area contributed by atoms with Gasteiger partial charge < -0.3 is 40.9 Å². The first-order chi connectivity index (χ1) is 17.0. The van der Waals surface area contributed by atoms with Crippen molar-refractivity contribution in [2.45, 2.75) is 24.2 Å². The third-order valence-electron chi connectivity index (χ3n) is 6.29. The van der Waals surface area contributed by atoms with Crippen molar-refractivity contribution >= 4 is 23.9 Å². The van der Waals surface area contributed by atoms with Crippen LogP contribution in [0.25, 0.3) is 0 Å². The van der Waals surface area contributed by atoms with Gasteiger partial charge in [-0.2, -0.15) is 0 Å². The number of rotatable bonds is 12. The fourth-order valence-corrected chi connectivity index (χ4v) is 4.12. The summed E-state index contributed by atoms with van der Waals surface area (Å²) in [5, 5.41) is 76.6. The maximum absolute atomic E-state index is 11.7. The number of nitrogens with zero attached hydrogens (tertiary/aromatic N) is 4. The largest absolute Gasteiger partial charge is 0.480 e. The smallest absolute Gasteiger partial charge is 0.323 e. The van der Waals surface area contributed by atoms with Crippen molar-refractivity contribution in [3.05, 3.63) is 0 Å². The van der Waals surface area contributed by atoms with Crippen molar-refractivity contribution in [2.24, 2.45) is 0 Å². The lowest BCUT2D eigenvalue weighted by atomic mass is 10.1. The van der Waals surface area contributed by atoms with Gasteiger partial charge in [0.25, 0.3) is 0 Å². The van der Waals surface area contributed by atoms with E-state index >= 15 is 0 Å². The van der Waals surface area contributed by atoms with Crippen LogP contribution in [0, 0.1) is 0 Å². The van der Waals surface area contributed by atoms with Crippen LogP contribution in [0.1, 0.15) is 0 Å². The molecule has 1 aliphatic rings. The Morgan fingerprint density at radius 2 is 0.556 bits per heavy atom. The molecule has 0 aromatic rings. The maximum Gasteiger partial charge on any atom is 0.323 e. The molecule has 1 heterocycles. The van der Waals surface area contributed by atoms with E-state index in [9.17, 15) is 60.0 Å². The van der Waals surface area contributed by atoms with Crippen molar-refractivity contribution in [1.82, 2.24) is 19.6 Å². The van der Waals surface area contributed by atoms with Gasteiger partial charge in [0.15, 0.2) is 0 Å². The number of hydrogen-bond acceptors (Lipinski definition) is 12. The number of carboxylic acids is 4. The monoisotopic (exact) mass is 524 g/mol. The van der Waals surface area contributed by atoms with Crippen molar-refractivity contribution in [3.63, 3.8) is 0 Å². The molecule has 0 aliphatic carbocycles. The number of hydrogen-bond donors (Lipinski definition) is 8. The van der Waals surface area contributed by atoms with Crippen LogP contribution >= 0.6 is 0 Å². The lowest BCUT2D eigenvalue weighted by Gasteiger charge is -2.38. The lowest BCUT2D eigenvalue weighted by Crippen LogP contribution is -2.57. The van der Waals surface area contributed by atoms with E-state index in [0.717, 1.165) is 0 Å². The summed E-state index contributed by atoms with van der Waals surface area (Å²) < 4.78 is 0. The van der Waals surface area contributed by atoms with E-state index in [-0.39, 0.29) is 52.4 Å². The average molecular weight is 525 g/mol. The summed E-state index contributed by atoms with van der Waals surface area (Å²) in [6.07, 6.45) is 0. The highest BCUT2D eigenvalue weighted by Crippen LogP contribution is 2.11. The molecule has 36 heavy (non-hydrogen) atoms. The minimum atomic E-state index is -1.38. The Balaban J connectivity index is 3.40. The van der Waals surface area contributed by atoms with Gasteiger partial charge in [-0.3, -0.25) is 38.8 Å². The van der Waals surface area contributed by atoms with Gasteiger partial charge >= 0.3 is 23.9 Å². The summed E-state index contributed by atoms with van der Waals surface area (Å²) in [4.78, 5) is 52.1. The maximum atomic E-state index is 11.7. The molecule has 0 spiro atoms. The predicted molar refractivity (Wildman–Crippen MR) is 120 cm³/mol. The first kappa shape index (κ1) is 31.6. The molecule has 8 N–H and O–H groups in total. The molecule has 1 aliphatic heterocycles. The molecule has 16 nitrogen and oxygen atoms in total. The molecule has 4 atom stereocenters. The zero-order valence-corrected chi connectivity index (χ0v) is 19.8. The standard InChI is InChI=1S/C20H36N4O12/c25-9-13(17(29)30)21-1-2-22(14(10-26)18(31)32)5-6-24(16(12-28)20(35)36)8-7-23(4-3-21)15(11-27)19(33)34/h13-16,25-28H,1-12H2,(H,29,30)(H,31,32)(H,33,34)(H,35,36). The molecule has 0 radical (unpaired) electrons. The van der Waals surface area contributed by atoms with Crippen LogP contribution in [0.5, 0.6) is 0 Å². The summed E-state index contributed by atoms with van der Waals surface area (Å²) >= 11 is 0. The normalized spacial score (nSPS) is 21.4. The van der Waals surface area contributed by atoms with E-state index in [4.69, 9.17) is 0 Å². The van der Waals surface area contributed by atoms with Crippen LogP contribution in [-0.4, -0.2) is 187 Å². The second kappa shape index (κ2) is 15.6. The summed E-state index contributed by atoms with van der Waals surface area (Å²) in [6.45, 7) is -3.80. The quantitative estimate of drug-likeness (QED) is 0.119. The number of carbonyl (C=O) groups is 4. The molecule has 0 bridgehead atoms. The Kier molecular flexibility index (Phi) is 13.7. The van der Waals surface area contributed by atoms with E-state index in [1.54, 1.807) is 0 Å². The first-order valence-electron chi connectivity index (χ1n) is 11.3.